The number of fused-ring (bicyclic) bond motifs is 1. The molecule has 1 aliphatic heterocycles. The number of likely N-dealkylation sites (N-methyl/N-ethyl adjacent to an activating group) is 1. The number of nitrogens with one attached hydrogen (secondary N) is 3. The molecule has 2 aromatic carbocycles. The van der Waals surface area contributed by atoms with E-state index in [-0.39, 0.29) is 23.3 Å². The number of nitrogens with zero attached hydrogens (tertiary/aromatic N) is 4. The molecule has 10 heteroatoms. The second kappa shape index (κ2) is 11.1. The molecule has 0 bridgehead atoms. The minimum atomic E-state index is -0.356. The van der Waals surface area contributed by atoms with Gasteiger partial charge in [-0.05, 0) is 61.5 Å². The lowest BCUT2D eigenvalue weighted by Gasteiger charge is -2.32. The van der Waals surface area contributed by atoms with E-state index in [2.05, 4.69) is 55.4 Å². The molecule has 1 amide bonds. The van der Waals surface area contributed by atoms with E-state index in [1.165, 1.54) is 30.1 Å². The number of benzene rings is 2. The molecule has 9 nitrogen and oxygen atoms in total. The summed E-state index contributed by atoms with van der Waals surface area (Å²) in [5.74, 6) is -0.661. The van der Waals surface area contributed by atoms with Crippen LogP contribution in [0.2, 0.25) is 0 Å². The lowest BCUT2D eigenvalue weighted by atomic mass is 10.1. The molecule has 6 rings (SSSR count). The maximum atomic E-state index is 13.3. The van der Waals surface area contributed by atoms with Crippen molar-refractivity contribution >= 4 is 22.5 Å². The predicted molar refractivity (Wildman–Crippen MR) is 158 cm³/mol. The lowest BCUT2D eigenvalue weighted by Crippen LogP contribution is -2.43. The van der Waals surface area contributed by atoms with Gasteiger partial charge in [0, 0.05) is 56.0 Å². The Labute approximate surface area is 236 Å². The summed E-state index contributed by atoms with van der Waals surface area (Å²) in [6, 6.07) is 16.0. The summed E-state index contributed by atoms with van der Waals surface area (Å²) in [7, 11) is 2.15. The van der Waals surface area contributed by atoms with Gasteiger partial charge in [0.15, 0.2) is 0 Å². The maximum Gasteiger partial charge on any atom is 0.258 e. The van der Waals surface area contributed by atoms with E-state index < -0.39 is 0 Å². The smallest absolute Gasteiger partial charge is 0.258 e. The number of halogens is 1. The number of anilines is 1. The van der Waals surface area contributed by atoms with E-state index in [0.717, 1.165) is 49.2 Å². The van der Waals surface area contributed by atoms with E-state index in [1.807, 2.05) is 13.0 Å². The van der Waals surface area contributed by atoms with E-state index >= 15 is 0 Å². The number of carbonyl (C=O) groups excluding carboxylic acids is 1. The third kappa shape index (κ3) is 5.84. The fraction of sp³-hybridized carbons (Fsp3) is 0.258. The molecule has 210 valence electrons. The van der Waals surface area contributed by atoms with Gasteiger partial charge in [-0.1, -0.05) is 18.2 Å². The van der Waals surface area contributed by atoms with Gasteiger partial charge in [0.1, 0.15) is 5.82 Å². The number of hydrogen-bond donors (Lipinski definition) is 3. The first kappa shape index (κ1) is 26.7. The molecular weight excluding hydrogens is 521 g/mol. The van der Waals surface area contributed by atoms with Crippen LogP contribution in [0.25, 0.3) is 22.2 Å². The topological polar surface area (TPSA) is 102 Å². The summed E-state index contributed by atoms with van der Waals surface area (Å²) < 4.78 is 14.9. The third-order valence-corrected chi connectivity index (χ3v) is 7.75. The largest absolute Gasteiger partial charge is 0.354 e. The molecular formula is C31H32FN7O2. The molecule has 1 saturated heterocycles. The number of pyridine rings is 1. The molecule has 0 spiro atoms. The average molecular weight is 554 g/mol. The van der Waals surface area contributed by atoms with Crippen molar-refractivity contribution in [3.63, 3.8) is 0 Å². The minimum absolute atomic E-state index is 0.180. The molecule has 1 aliphatic rings. The molecule has 0 saturated carbocycles. The molecule has 41 heavy (non-hydrogen) atoms. The number of piperazine rings is 1. The summed E-state index contributed by atoms with van der Waals surface area (Å²) in [6.07, 6.45) is 4.61. The first-order valence-electron chi connectivity index (χ1n) is 13.7. The van der Waals surface area contributed by atoms with Crippen LogP contribution in [0.15, 0.2) is 78.0 Å². The van der Waals surface area contributed by atoms with Crippen molar-refractivity contribution in [2.45, 2.75) is 19.5 Å². The van der Waals surface area contributed by atoms with Crippen molar-refractivity contribution in [2.24, 2.45) is 0 Å². The fourth-order valence-electron chi connectivity index (χ4n) is 5.21. The summed E-state index contributed by atoms with van der Waals surface area (Å²) >= 11 is 0. The highest BCUT2D eigenvalue weighted by Crippen LogP contribution is 2.25. The second-order valence-corrected chi connectivity index (χ2v) is 10.7. The van der Waals surface area contributed by atoms with Crippen molar-refractivity contribution in [1.29, 1.82) is 0 Å². The Morgan fingerprint density at radius 3 is 2.63 bits per heavy atom. The highest BCUT2D eigenvalue weighted by molar-refractivity contribution is 6.04. The zero-order valence-electron chi connectivity index (χ0n) is 23.0. The van der Waals surface area contributed by atoms with E-state index in [9.17, 15) is 14.0 Å². The van der Waals surface area contributed by atoms with Gasteiger partial charge in [-0.3, -0.25) is 19.2 Å². The summed E-state index contributed by atoms with van der Waals surface area (Å²) in [4.78, 5) is 36.6. The van der Waals surface area contributed by atoms with E-state index in [1.54, 1.807) is 29.1 Å². The molecule has 3 aromatic heterocycles. The maximum absolute atomic E-state index is 13.3. The van der Waals surface area contributed by atoms with Crippen molar-refractivity contribution in [2.75, 3.05) is 38.5 Å². The fourth-order valence-corrected chi connectivity index (χ4v) is 5.21. The molecule has 4 heterocycles. The van der Waals surface area contributed by atoms with Crippen LogP contribution in [0.3, 0.4) is 0 Å². The van der Waals surface area contributed by atoms with Crippen molar-refractivity contribution in [3.8, 4) is 11.3 Å². The van der Waals surface area contributed by atoms with Crippen LogP contribution in [0, 0.1) is 5.82 Å². The van der Waals surface area contributed by atoms with Gasteiger partial charge in [0.2, 0.25) is 0 Å². The summed E-state index contributed by atoms with van der Waals surface area (Å²) in [6.45, 7) is 7.06. The van der Waals surface area contributed by atoms with Crippen molar-refractivity contribution < 1.29 is 9.18 Å². The standard InChI is InChI=1S/C31H32FN7O2/c1-20(22-4-6-25(32)7-5-22)39-19-24(16-34-39)30(40)35-26-15-27(31(41)33-17-26)29-14-23-13-21(3-8-28(23)36-29)18-38-11-9-37(2)10-12-38/h3-8,13-17,19-20,36H,9-12,18H2,1-2H3,(H,33,41)(H,35,40). The quantitative estimate of drug-likeness (QED) is 0.276. The molecule has 1 atom stereocenters. The van der Waals surface area contributed by atoms with Crippen LogP contribution < -0.4 is 10.9 Å². The Bertz CT molecular complexity index is 1750. The van der Waals surface area contributed by atoms with Crippen LogP contribution in [-0.4, -0.2) is 68.7 Å². The number of carbonyl (C=O) groups is 1. The number of hydrogen-bond acceptors (Lipinski definition) is 5. The Balaban J connectivity index is 1.17. The highest BCUT2D eigenvalue weighted by atomic mass is 19.1. The molecule has 3 N–H and O–H groups in total. The van der Waals surface area contributed by atoms with Gasteiger partial charge < -0.3 is 20.2 Å². The Morgan fingerprint density at radius 1 is 1.07 bits per heavy atom. The first-order valence-corrected chi connectivity index (χ1v) is 13.7. The second-order valence-electron chi connectivity index (χ2n) is 10.7. The van der Waals surface area contributed by atoms with Crippen LogP contribution in [0.4, 0.5) is 10.1 Å². The Hall–Kier alpha value is -4.54. The number of H-pyrrole nitrogens is 2. The SMILES string of the molecule is CC(c1ccc(F)cc1)n1cc(C(=O)Nc2c[nH]c(=O)c(-c3cc4cc(CN5CCN(C)CC5)ccc4[nH]3)c2)cn1. The van der Waals surface area contributed by atoms with Gasteiger partial charge in [0.05, 0.1) is 34.7 Å². The van der Waals surface area contributed by atoms with E-state index in [0.29, 0.717) is 22.5 Å². The van der Waals surface area contributed by atoms with Crippen LogP contribution >= 0.6 is 0 Å². The van der Waals surface area contributed by atoms with Gasteiger partial charge in [-0.2, -0.15) is 5.10 Å². The number of aromatic amines is 2. The Kier molecular flexibility index (Phi) is 7.25. The van der Waals surface area contributed by atoms with Crippen LogP contribution in [-0.2, 0) is 6.54 Å². The monoisotopic (exact) mass is 553 g/mol. The first-order chi connectivity index (χ1) is 19.8. The molecule has 0 aliphatic carbocycles. The highest BCUT2D eigenvalue weighted by Gasteiger charge is 2.17. The number of amides is 1. The zero-order chi connectivity index (χ0) is 28.5. The van der Waals surface area contributed by atoms with Gasteiger partial charge in [-0.15, -0.1) is 0 Å². The molecule has 0 radical (unpaired) electrons. The van der Waals surface area contributed by atoms with Gasteiger partial charge in [0.25, 0.3) is 11.5 Å². The van der Waals surface area contributed by atoms with Gasteiger partial charge in [-0.25, -0.2) is 4.39 Å². The molecule has 1 fully saturated rings. The molecule has 1 unspecified atom stereocenters. The third-order valence-electron chi connectivity index (χ3n) is 7.75. The average Bonchev–Trinajstić information content (AvgIpc) is 3.63. The van der Waals surface area contributed by atoms with Gasteiger partial charge >= 0.3 is 0 Å². The Morgan fingerprint density at radius 2 is 1.85 bits per heavy atom. The lowest BCUT2D eigenvalue weighted by molar-refractivity contribution is 0.102. The zero-order valence-corrected chi connectivity index (χ0v) is 23.0. The summed E-state index contributed by atoms with van der Waals surface area (Å²) in [5.41, 5.74) is 4.72. The normalized spacial score (nSPS) is 15.3. The van der Waals surface area contributed by atoms with Crippen molar-refractivity contribution in [3.05, 3.63) is 106 Å². The van der Waals surface area contributed by atoms with Crippen LogP contribution in [0.5, 0.6) is 0 Å². The number of aromatic nitrogens is 4. The minimum Gasteiger partial charge on any atom is -0.354 e. The number of rotatable bonds is 7. The van der Waals surface area contributed by atoms with Crippen molar-refractivity contribution in [1.82, 2.24) is 29.5 Å². The molecule has 5 aromatic rings. The van der Waals surface area contributed by atoms with Crippen LogP contribution in [0.1, 0.15) is 34.5 Å². The predicted octanol–water partition coefficient (Wildman–Crippen LogP) is 4.47. The summed E-state index contributed by atoms with van der Waals surface area (Å²) in [5, 5.41) is 8.20. The van der Waals surface area contributed by atoms with E-state index in [4.69, 9.17) is 0 Å².